The molecule has 0 bridgehead atoms. The summed E-state index contributed by atoms with van der Waals surface area (Å²) in [6.45, 7) is 1.75. The molecule has 0 radical (unpaired) electrons. The van der Waals surface area contributed by atoms with Crippen LogP contribution in [0.1, 0.15) is 15.2 Å². The zero-order chi connectivity index (χ0) is 23.2. The summed E-state index contributed by atoms with van der Waals surface area (Å²) in [7, 11) is 1.54. The molecule has 0 aliphatic rings. The number of carbonyl (C=O) groups excluding carboxylic acids is 2. The number of hydrogen-bond donors (Lipinski definition) is 2. The Hall–Kier alpha value is -3.97. The number of hydrogen-bond acceptors (Lipinski definition) is 5. The van der Waals surface area contributed by atoms with Gasteiger partial charge in [-0.25, -0.2) is 4.98 Å². The summed E-state index contributed by atoms with van der Waals surface area (Å²) >= 11 is 1.30. The van der Waals surface area contributed by atoms with Crippen molar-refractivity contribution >= 4 is 28.8 Å². The van der Waals surface area contributed by atoms with Crippen molar-refractivity contribution in [2.75, 3.05) is 19.0 Å². The van der Waals surface area contributed by atoms with Gasteiger partial charge in [0, 0.05) is 11.1 Å². The average molecular weight is 458 g/mol. The highest BCUT2D eigenvalue weighted by Crippen LogP contribution is 2.33. The summed E-state index contributed by atoms with van der Waals surface area (Å²) in [6, 6.07) is 24.8. The SMILES string of the molecule is COc1ccc(C)cc1NC(=O)CNC(=O)c1sc(-c2ccccc2)nc1-c1ccccc1. The molecule has 33 heavy (non-hydrogen) atoms. The Kier molecular flexibility index (Phi) is 6.80. The Balaban J connectivity index is 1.53. The van der Waals surface area contributed by atoms with Crippen molar-refractivity contribution in [3.8, 4) is 27.6 Å². The van der Waals surface area contributed by atoms with E-state index in [4.69, 9.17) is 9.72 Å². The first-order valence-corrected chi connectivity index (χ1v) is 11.2. The standard InChI is InChI=1S/C26H23N3O3S/c1-17-13-14-21(32-2)20(15-17)28-22(30)16-27-25(31)24-23(18-9-5-3-6-10-18)29-26(33-24)19-11-7-4-8-12-19/h3-15H,16H2,1-2H3,(H,27,31)(H,28,30). The number of methoxy groups -OCH3 is 1. The van der Waals surface area contributed by atoms with Crippen molar-refractivity contribution in [3.05, 3.63) is 89.3 Å². The second-order valence-corrected chi connectivity index (χ2v) is 8.36. The number of nitrogens with zero attached hydrogens (tertiary/aromatic N) is 1. The fraction of sp³-hybridized carbons (Fsp3) is 0.115. The number of rotatable bonds is 7. The van der Waals surface area contributed by atoms with Gasteiger partial charge in [0.1, 0.15) is 15.6 Å². The van der Waals surface area contributed by atoms with Gasteiger partial charge in [-0.1, -0.05) is 66.7 Å². The summed E-state index contributed by atoms with van der Waals surface area (Å²) in [4.78, 5) is 30.8. The largest absolute Gasteiger partial charge is 0.495 e. The van der Waals surface area contributed by atoms with Gasteiger partial charge in [0.2, 0.25) is 5.91 Å². The Bertz CT molecular complexity index is 1270. The number of thiazole rings is 1. The smallest absolute Gasteiger partial charge is 0.264 e. The van der Waals surface area contributed by atoms with E-state index in [9.17, 15) is 9.59 Å². The van der Waals surface area contributed by atoms with Gasteiger partial charge in [-0.2, -0.15) is 0 Å². The van der Waals surface area contributed by atoms with Gasteiger partial charge < -0.3 is 15.4 Å². The summed E-state index contributed by atoms with van der Waals surface area (Å²) in [6.07, 6.45) is 0. The first-order chi connectivity index (χ1) is 16.0. The summed E-state index contributed by atoms with van der Waals surface area (Å²) in [5, 5.41) is 6.26. The van der Waals surface area contributed by atoms with E-state index in [1.54, 1.807) is 13.2 Å². The van der Waals surface area contributed by atoms with Crippen LogP contribution < -0.4 is 15.4 Å². The zero-order valence-electron chi connectivity index (χ0n) is 18.3. The van der Waals surface area contributed by atoms with Crippen LogP contribution in [0.3, 0.4) is 0 Å². The van der Waals surface area contributed by atoms with Crippen LogP contribution in [-0.4, -0.2) is 30.5 Å². The second kappa shape index (κ2) is 10.1. The van der Waals surface area contributed by atoms with Crippen LogP contribution in [0.5, 0.6) is 5.75 Å². The van der Waals surface area contributed by atoms with Crippen molar-refractivity contribution in [2.24, 2.45) is 0 Å². The molecular weight excluding hydrogens is 434 g/mol. The predicted octanol–water partition coefficient (Wildman–Crippen LogP) is 5.16. The number of aryl methyl sites for hydroxylation is 1. The molecule has 0 unspecified atom stereocenters. The number of amides is 2. The Labute approximate surface area is 196 Å². The van der Waals surface area contributed by atoms with Gasteiger partial charge in [0.05, 0.1) is 25.0 Å². The van der Waals surface area contributed by atoms with Crippen molar-refractivity contribution in [1.82, 2.24) is 10.3 Å². The molecule has 0 aliphatic heterocycles. The highest BCUT2D eigenvalue weighted by Gasteiger charge is 2.21. The fourth-order valence-electron chi connectivity index (χ4n) is 3.32. The minimum atomic E-state index is -0.347. The zero-order valence-corrected chi connectivity index (χ0v) is 19.1. The molecule has 4 rings (SSSR count). The molecule has 0 saturated carbocycles. The van der Waals surface area contributed by atoms with Gasteiger partial charge in [-0.05, 0) is 24.6 Å². The van der Waals surface area contributed by atoms with E-state index in [1.807, 2.05) is 79.7 Å². The number of nitrogens with one attached hydrogen (secondary N) is 2. The maximum absolute atomic E-state index is 13.1. The summed E-state index contributed by atoms with van der Waals surface area (Å²) in [5.74, 6) is -0.136. The average Bonchev–Trinajstić information content (AvgIpc) is 3.30. The molecule has 0 saturated heterocycles. The van der Waals surface area contributed by atoms with Crippen LogP contribution in [0.15, 0.2) is 78.9 Å². The van der Waals surface area contributed by atoms with Gasteiger partial charge in [0.15, 0.2) is 0 Å². The molecule has 0 spiro atoms. The lowest BCUT2D eigenvalue weighted by molar-refractivity contribution is -0.115. The van der Waals surface area contributed by atoms with E-state index >= 15 is 0 Å². The van der Waals surface area contributed by atoms with Crippen molar-refractivity contribution < 1.29 is 14.3 Å². The predicted molar refractivity (Wildman–Crippen MR) is 132 cm³/mol. The van der Waals surface area contributed by atoms with Crippen molar-refractivity contribution in [1.29, 1.82) is 0 Å². The highest BCUT2D eigenvalue weighted by atomic mass is 32.1. The fourth-order valence-corrected chi connectivity index (χ4v) is 4.33. The second-order valence-electron chi connectivity index (χ2n) is 7.36. The lowest BCUT2D eigenvalue weighted by atomic mass is 10.1. The Morgan fingerprint density at radius 1 is 0.939 bits per heavy atom. The number of anilines is 1. The molecule has 3 aromatic carbocycles. The third-order valence-corrected chi connectivity index (χ3v) is 6.04. The molecule has 2 amide bonds. The minimum Gasteiger partial charge on any atom is -0.495 e. The first kappa shape index (κ1) is 22.2. The van der Waals surface area contributed by atoms with Gasteiger partial charge in [0.25, 0.3) is 5.91 Å². The summed E-state index contributed by atoms with van der Waals surface area (Å²) < 4.78 is 5.30. The molecular formula is C26H23N3O3S. The minimum absolute atomic E-state index is 0.178. The topological polar surface area (TPSA) is 80.3 Å². The number of carbonyl (C=O) groups is 2. The lowest BCUT2D eigenvalue weighted by Crippen LogP contribution is -2.32. The normalized spacial score (nSPS) is 10.5. The van der Waals surface area contributed by atoms with E-state index < -0.39 is 0 Å². The molecule has 0 atom stereocenters. The lowest BCUT2D eigenvalue weighted by Gasteiger charge is -2.11. The Morgan fingerprint density at radius 3 is 2.27 bits per heavy atom. The molecule has 0 fully saturated rings. The quantitative estimate of drug-likeness (QED) is 0.402. The van der Waals surface area contributed by atoms with Crippen LogP contribution in [0.4, 0.5) is 5.69 Å². The van der Waals surface area contributed by atoms with Crippen LogP contribution in [0, 0.1) is 6.92 Å². The summed E-state index contributed by atoms with van der Waals surface area (Å²) in [5.41, 5.74) is 3.92. The van der Waals surface area contributed by atoms with Crippen LogP contribution in [0.25, 0.3) is 21.8 Å². The molecule has 2 N–H and O–H groups in total. The van der Waals surface area contributed by atoms with E-state index in [-0.39, 0.29) is 18.4 Å². The third kappa shape index (κ3) is 5.27. The van der Waals surface area contributed by atoms with Crippen molar-refractivity contribution in [3.63, 3.8) is 0 Å². The van der Waals surface area contributed by atoms with E-state index in [2.05, 4.69) is 10.6 Å². The van der Waals surface area contributed by atoms with Crippen LogP contribution in [0.2, 0.25) is 0 Å². The molecule has 1 heterocycles. The first-order valence-electron chi connectivity index (χ1n) is 10.4. The highest BCUT2D eigenvalue weighted by molar-refractivity contribution is 7.17. The van der Waals surface area contributed by atoms with E-state index in [0.29, 0.717) is 22.0 Å². The molecule has 7 heteroatoms. The van der Waals surface area contributed by atoms with Gasteiger partial charge >= 0.3 is 0 Å². The molecule has 4 aromatic rings. The van der Waals surface area contributed by atoms with Gasteiger partial charge in [-0.15, -0.1) is 11.3 Å². The monoisotopic (exact) mass is 457 g/mol. The number of benzene rings is 3. The van der Waals surface area contributed by atoms with Crippen LogP contribution >= 0.6 is 11.3 Å². The van der Waals surface area contributed by atoms with Crippen LogP contribution in [-0.2, 0) is 4.79 Å². The van der Waals surface area contributed by atoms with Gasteiger partial charge in [-0.3, -0.25) is 9.59 Å². The molecule has 0 aliphatic carbocycles. The molecule has 166 valence electrons. The van der Waals surface area contributed by atoms with Crippen molar-refractivity contribution in [2.45, 2.75) is 6.92 Å². The third-order valence-electron chi connectivity index (χ3n) is 4.94. The van der Waals surface area contributed by atoms with E-state index in [1.165, 1.54) is 11.3 Å². The maximum Gasteiger partial charge on any atom is 0.264 e. The molecule has 1 aromatic heterocycles. The Morgan fingerprint density at radius 2 is 1.61 bits per heavy atom. The maximum atomic E-state index is 13.1. The number of aromatic nitrogens is 1. The molecule has 6 nitrogen and oxygen atoms in total. The number of ether oxygens (including phenoxy) is 1. The van der Waals surface area contributed by atoms with E-state index in [0.717, 1.165) is 21.7 Å².